The van der Waals surface area contributed by atoms with Gasteiger partial charge in [-0.25, -0.2) is 0 Å². The van der Waals surface area contributed by atoms with Crippen LogP contribution in [0.25, 0.3) is 0 Å². The molecule has 0 spiro atoms. The second kappa shape index (κ2) is 5.64. The number of amides is 1. The first-order chi connectivity index (χ1) is 7.49. The summed E-state index contributed by atoms with van der Waals surface area (Å²) >= 11 is 0. The van der Waals surface area contributed by atoms with Crippen LogP contribution in [-0.2, 0) is 9.53 Å². The molecule has 0 bridgehead atoms. The first-order valence-electron chi connectivity index (χ1n) is 6.03. The van der Waals surface area contributed by atoms with Crippen molar-refractivity contribution < 1.29 is 9.53 Å². The van der Waals surface area contributed by atoms with Crippen molar-refractivity contribution in [3.63, 3.8) is 0 Å². The number of nitrogens with zero attached hydrogens (tertiary/aromatic N) is 1. The van der Waals surface area contributed by atoms with Crippen LogP contribution in [0.5, 0.6) is 0 Å². The van der Waals surface area contributed by atoms with Crippen molar-refractivity contribution in [1.82, 2.24) is 4.90 Å². The zero-order valence-corrected chi connectivity index (χ0v) is 10.7. The Balaban J connectivity index is 2.33. The zero-order chi connectivity index (χ0) is 12.2. The smallest absolute Gasteiger partial charge is 0.224 e. The zero-order valence-electron chi connectivity index (χ0n) is 10.7. The third kappa shape index (κ3) is 3.46. The third-order valence-corrected chi connectivity index (χ3v) is 3.41. The number of hydrogen-bond donors (Lipinski definition) is 1. The number of ether oxygens (including phenoxy) is 1. The first kappa shape index (κ1) is 13.5. The molecule has 2 unspecified atom stereocenters. The van der Waals surface area contributed by atoms with E-state index in [1.807, 2.05) is 0 Å². The Hall–Kier alpha value is -0.610. The summed E-state index contributed by atoms with van der Waals surface area (Å²) in [6.07, 6.45) is 3.68. The van der Waals surface area contributed by atoms with Gasteiger partial charge in [-0.3, -0.25) is 4.79 Å². The quantitative estimate of drug-likeness (QED) is 0.763. The molecule has 2 N–H and O–H groups in total. The lowest BCUT2D eigenvalue weighted by atomic mass is 10.0. The van der Waals surface area contributed by atoms with Gasteiger partial charge in [0.25, 0.3) is 0 Å². The Labute approximate surface area is 98.1 Å². The van der Waals surface area contributed by atoms with Crippen LogP contribution >= 0.6 is 0 Å². The highest BCUT2D eigenvalue weighted by molar-refractivity contribution is 5.75. The predicted molar refractivity (Wildman–Crippen MR) is 64.1 cm³/mol. The van der Waals surface area contributed by atoms with Crippen LogP contribution in [0.2, 0.25) is 0 Å². The molecule has 1 saturated carbocycles. The summed E-state index contributed by atoms with van der Waals surface area (Å²) < 4.78 is 5.86. The van der Waals surface area contributed by atoms with Gasteiger partial charge >= 0.3 is 0 Å². The minimum Gasteiger partial charge on any atom is -0.373 e. The number of rotatable bonds is 5. The van der Waals surface area contributed by atoms with E-state index < -0.39 is 0 Å². The van der Waals surface area contributed by atoms with Crippen molar-refractivity contribution in [3.8, 4) is 0 Å². The van der Waals surface area contributed by atoms with E-state index in [1.54, 1.807) is 19.0 Å². The Morgan fingerprint density at radius 3 is 2.69 bits per heavy atom. The molecule has 1 rings (SSSR count). The highest BCUT2D eigenvalue weighted by Crippen LogP contribution is 2.36. The van der Waals surface area contributed by atoms with Crippen LogP contribution in [-0.4, -0.2) is 43.7 Å². The fraction of sp³-hybridized carbons (Fsp3) is 0.917. The van der Waals surface area contributed by atoms with Gasteiger partial charge in [0.1, 0.15) is 0 Å². The molecule has 0 aromatic heterocycles. The van der Waals surface area contributed by atoms with Crippen LogP contribution in [0.4, 0.5) is 0 Å². The average Bonchev–Trinajstić information content (AvgIpc) is 2.61. The van der Waals surface area contributed by atoms with Gasteiger partial charge in [0.15, 0.2) is 0 Å². The summed E-state index contributed by atoms with van der Waals surface area (Å²) in [7, 11) is 3.53. The molecular weight excluding hydrogens is 204 g/mol. The Bertz CT molecular complexity index is 243. The highest BCUT2D eigenvalue weighted by Gasteiger charge is 2.37. The molecule has 2 atom stereocenters. The van der Waals surface area contributed by atoms with E-state index in [9.17, 15) is 4.79 Å². The standard InChI is InChI=1S/C12H24N2O2/c1-10-4-6-12(8-10,9-13)16-7-5-11(15)14(2)3/h10H,4-9,13H2,1-3H3. The van der Waals surface area contributed by atoms with Crippen LogP contribution in [0.1, 0.15) is 32.6 Å². The molecule has 4 heteroatoms. The van der Waals surface area contributed by atoms with E-state index in [0.717, 1.165) is 12.8 Å². The first-order valence-corrected chi connectivity index (χ1v) is 6.03. The SMILES string of the molecule is CC1CCC(CN)(OCCC(=O)N(C)C)C1. The Kier molecular flexibility index (Phi) is 4.74. The van der Waals surface area contributed by atoms with Crippen molar-refractivity contribution in [2.75, 3.05) is 27.2 Å². The van der Waals surface area contributed by atoms with E-state index >= 15 is 0 Å². The minimum absolute atomic E-state index is 0.109. The maximum atomic E-state index is 11.4. The second-order valence-corrected chi connectivity index (χ2v) is 5.12. The van der Waals surface area contributed by atoms with Crippen LogP contribution in [0, 0.1) is 5.92 Å². The van der Waals surface area contributed by atoms with Gasteiger partial charge in [-0.2, -0.15) is 0 Å². The lowest BCUT2D eigenvalue weighted by Crippen LogP contribution is -2.39. The van der Waals surface area contributed by atoms with Crippen molar-refractivity contribution >= 4 is 5.91 Å². The summed E-state index contributed by atoms with van der Waals surface area (Å²) in [4.78, 5) is 13.0. The number of hydrogen-bond acceptors (Lipinski definition) is 3. The summed E-state index contributed by atoms with van der Waals surface area (Å²) in [5, 5.41) is 0. The third-order valence-electron chi connectivity index (χ3n) is 3.41. The number of carbonyl (C=O) groups is 1. The number of carbonyl (C=O) groups excluding carboxylic acids is 1. The fourth-order valence-electron chi connectivity index (χ4n) is 2.30. The van der Waals surface area contributed by atoms with Gasteiger partial charge < -0.3 is 15.4 Å². The van der Waals surface area contributed by atoms with Gasteiger partial charge in [0.2, 0.25) is 5.91 Å². The molecule has 0 radical (unpaired) electrons. The van der Waals surface area contributed by atoms with Gasteiger partial charge in [-0.05, 0) is 25.2 Å². The lowest BCUT2D eigenvalue weighted by molar-refractivity contribution is -0.131. The van der Waals surface area contributed by atoms with E-state index in [-0.39, 0.29) is 11.5 Å². The normalized spacial score (nSPS) is 29.4. The summed E-state index contributed by atoms with van der Waals surface area (Å²) in [5.41, 5.74) is 5.63. The van der Waals surface area contributed by atoms with Gasteiger partial charge in [-0.15, -0.1) is 0 Å². The molecule has 0 saturated heterocycles. The van der Waals surface area contributed by atoms with E-state index in [1.165, 1.54) is 6.42 Å². The van der Waals surface area contributed by atoms with E-state index in [4.69, 9.17) is 10.5 Å². The molecular formula is C12H24N2O2. The molecule has 1 amide bonds. The topological polar surface area (TPSA) is 55.6 Å². The summed E-state index contributed by atoms with van der Waals surface area (Å²) in [5.74, 6) is 0.798. The summed E-state index contributed by atoms with van der Waals surface area (Å²) in [6, 6.07) is 0. The minimum atomic E-state index is -0.161. The largest absolute Gasteiger partial charge is 0.373 e. The van der Waals surface area contributed by atoms with E-state index in [0.29, 0.717) is 25.5 Å². The highest BCUT2D eigenvalue weighted by atomic mass is 16.5. The van der Waals surface area contributed by atoms with Crippen molar-refractivity contribution in [2.24, 2.45) is 11.7 Å². The molecule has 0 heterocycles. The van der Waals surface area contributed by atoms with Gasteiger partial charge in [-0.1, -0.05) is 6.92 Å². The molecule has 1 aliphatic carbocycles. The predicted octanol–water partition coefficient (Wildman–Crippen LogP) is 0.999. The molecule has 0 aromatic rings. The Morgan fingerprint density at radius 1 is 1.56 bits per heavy atom. The molecule has 16 heavy (non-hydrogen) atoms. The molecule has 94 valence electrons. The van der Waals surface area contributed by atoms with Gasteiger partial charge in [0, 0.05) is 20.6 Å². The molecule has 1 aliphatic rings. The van der Waals surface area contributed by atoms with Crippen molar-refractivity contribution in [3.05, 3.63) is 0 Å². The molecule has 0 aromatic carbocycles. The van der Waals surface area contributed by atoms with Crippen molar-refractivity contribution in [1.29, 1.82) is 0 Å². The molecule has 4 nitrogen and oxygen atoms in total. The molecule has 0 aliphatic heterocycles. The monoisotopic (exact) mass is 228 g/mol. The summed E-state index contributed by atoms with van der Waals surface area (Å²) in [6.45, 7) is 3.28. The van der Waals surface area contributed by atoms with Gasteiger partial charge in [0.05, 0.1) is 18.6 Å². The van der Waals surface area contributed by atoms with Crippen LogP contribution < -0.4 is 5.73 Å². The fourth-order valence-corrected chi connectivity index (χ4v) is 2.30. The Morgan fingerprint density at radius 2 is 2.25 bits per heavy atom. The maximum Gasteiger partial charge on any atom is 0.224 e. The maximum absolute atomic E-state index is 11.4. The second-order valence-electron chi connectivity index (χ2n) is 5.12. The number of nitrogens with two attached hydrogens (primary N) is 1. The van der Waals surface area contributed by atoms with Crippen molar-refractivity contribution in [2.45, 2.75) is 38.2 Å². The lowest BCUT2D eigenvalue weighted by Gasteiger charge is -2.28. The van der Waals surface area contributed by atoms with E-state index in [2.05, 4.69) is 6.92 Å². The van der Waals surface area contributed by atoms with Crippen LogP contribution in [0.3, 0.4) is 0 Å². The van der Waals surface area contributed by atoms with Crippen LogP contribution in [0.15, 0.2) is 0 Å². The average molecular weight is 228 g/mol. The molecule has 1 fully saturated rings.